The Labute approximate surface area is 172 Å². The van der Waals surface area contributed by atoms with Crippen LogP contribution in [-0.2, 0) is 9.59 Å². The van der Waals surface area contributed by atoms with Gasteiger partial charge in [-0.05, 0) is 74.2 Å². The van der Waals surface area contributed by atoms with Gasteiger partial charge in [-0.2, -0.15) is 11.8 Å². The number of Topliss-reactive ketones (excluding diaryl/α,β-unsaturated/α-hetero) is 1. The van der Waals surface area contributed by atoms with E-state index in [1.165, 1.54) is 17.3 Å². The number of hydrogen-bond acceptors (Lipinski definition) is 5. The SMILES string of the molecule is C[C@]12CCC(=O)C=C1CCC1C2CC[C@@]2(C)C1CC[C@]2(O)C(=O)CSCCO. The second-order valence-electron chi connectivity index (χ2n) is 10.0. The van der Waals surface area contributed by atoms with Gasteiger partial charge in [0, 0.05) is 17.6 Å². The highest BCUT2D eigenvalue weighted by Crippen LogP contribution is 2.67. The average molecular weight is 407 g/mol. The first kappa shape index (κ1) is 20.6. The molecule has 0 aliphatic heterocycles. The Kier molecular flexibility index (Phi) is 5.33. The van der Waals surface area contributed by atoms with Gasteiger partial charge in [-0.1, -0.05) is 19.4 Å². The van der Waals surface area contributed by atoms with Crippen LogP contribution in [0.4, 0.5) is 0 Å². The van der Waals surface area contributed by atoms with Crippen molar-refractivity contribution < 1.29 is 19.8 Å². The molecule has 0 amide bonds. The molecule has 0 aromatic heterocycles. The van der Waals surface area contributed by atoms with Crippen molar-refractivity contribution in [3.8, 4) is 0 Å². The smallest absolute Gasteiger partial charge is 0.174 e. The molecule has 5 heteroatoms. The number of allylic oxidation sites excluding steroid dienone is 1. The monoisotopic (exact) mass is 406 g/mol. The minimum Gasteiger partial charge on any atom is -0.396 e. The van der Waals surface area contributed by atoms with Crippen molar-refractivity contribution in [1.29, 1.82) is 0 Å². The van der Waals surface area contributed by atoms with Gasteiger partial charge in [-0.15, -0.1) is 0 Å². The predicted octanol–water partition coefficient (Wildman–Crippen LogP) is 3.54. The van der Waals surface area contributed by atoms with Crippen LogP contribution in [0.1, 0.15) is 65.2 Å². The Morgan fingerprint density at radius 1 is 1.14 bits per heavy atom. The van der Waals surface area contributed by atoms with Crippen molar-refractivity contribution in [2.45, 2.75) is 70.8 Å². The molecule has 4 aliphatic rings. The normalized spacial score (nSPS) is 45.1. The fraction of sp³-hybridized carbons (Fsp3) is 0.826. The summed E-state index contributed by atoms with van der Waals surface area (Å²) in [4.78, 5) is 24.9. The summed E-state index contributed by atoms with van der Waals surface area (Å²) < 4.78 is 0. The van der Waals surface area contributed by atoms with E-state index in [-0.39, 0.29) is 29.0 Å². The fourth-order valence-corrected chi connectivity index (χ4v) is 8.08. The molecule has 0 aromatic carbocycles. The average Bonchev–Trinajstić information content (AvgIpc) is 2.95. The van der Waals surface area contributed by atoms with Gasteiger partial charge in [0.2, 0.25) is 0 Å². The number of carbonyl (C=O) groups is 2. The highest BCUT2D eigenvalue weighted by atomic mass is 32.2. The molecule has 0 spiro atoms. The van der Waals surface area contributed by atoms with E-state index in [9.17, 15) is 14.7 Å². The molecule has 0 heterocycles. The third kappa shape index (κ3) is 2.87. The van der Waals surface area contributed by atoms with Crippen LogP contribution in [0.2, 0.25) is 0 Å². The molecule has 3 fully saturated rings. The zero-order chi connectivity index (χ0) is 20.2. The maximum absolute atomic E-state index is 13.0. The summed E-state index contributed by atoms with van der Waals surface area (Å²) in [6.45, 7) is 4.59. The standard InChI is InChI=1S/C23H34O4S/c1-21-8-5-16(25)13-15(21)3-4-17-18(21)6-9-22(2)19(17)7-10-23(22,27)20(26)14-28-12-11-24/h13,17-19,24,27H,3-12,14H2,1-2H3/t17?,18?,19?,21-,22-,23-/m0/s1. The first-order valence-electron chi connectivity index (χ1n) is 10.9. The van der Waals surface area contributed by atoms with Crippen molar-refractivity contribution in [3.05, 3.63) is 11.6 Å². The van der Waals surface area contributed by atoms with Crippen molar-refractivity contribution in [2.75, 3.05) is 18.1 Å². The molecule has 4 aliphatic carbocycles. The van der Waals surface area contributed by atoms with Gasteiger partial charge < -0.3 is 10.2 Å². The van der Waals surface area contributed by atoms with E-state index in [1.807, 2.05) is 6.08 Å². The van der Waals surface area contributed by atoms with Crippen LogP contribution in [0.5, 0.6) is 0 Å². The van der Waals surface area contributed by atoms with Crippen LogP contribution < -0.4 is 0 Å². The van der Waals surface area contributed by atoms with Crippen molar-refractivity contribution in [2.24, 2.45) is 28.6 Å². The molecule has 0 radical (unpaired) electrons. The summed E-state index contributed by atoms with van der Waals surface area (Å²) in [5, 5.41) is 20.5. The fourth-order valence-electron chi connectivity index (χ4n) is 7.38. The van der Waals surface area contributed by atoms with E-state index in [2.05, 4.69) is 13.8 Å². The maximum Gasteiger partial charge on any atom is 0.174 e. The van der Waals surface area contributed by atoms with Crippen LogP contribution in [0.25, 0.3) is 0 Å². The zero-order valence-corrected chi connectivity index (χ0v) is 18.0. The maximum atomic E-state index is 13.0. The van der Waals surface area contributed by atoms with Crippen LogP contribution in [-0.4, -0.2) is 45.5 Å². The largest absolute Gasteiger partial charge is 0.396 e. The van der Waals surface area contributed by atoms with Gasteiger partial charge in [0.25, 0.3) is 0 Å². The van der Waals surface area contributed by atoms with Crippen molar-refractivity contribution >= 4 is 23.3 Å². The quantitative estimate of drug-likeness (QED) is 0.683. The van der Waals surface area contributed by atoms with Gasteiger partial charge >= 0.3 is 0 Å². The topological polar surface area (TPSA) is 74.6 Å². The lowest BCUT2D eigenvalue weighted by molar-refractivity contribution is -0.159. The Morgan fingerprint density at radius 3 is 2.64 bits per heavy atom. The van der Waals surface area contributed by atoms with Crippen LogP contribution in [0.15, 0.2) is 11.6 Å². The Morgan fingerprint density at radius 2 is 1.89 bits per heavy atom. The lowest BCUT2D eigenvalue weighted by Crippen LogP contribution is -2.58. The number of thioether (sulfide) groups is 1. The van der Waals surface area contributed by atoms with E-state index in [1.54, 1.807) is 0 Å². The van der Waals surface area contributed by atoms with Crippen molar-refractivity contribution in [1.82, 2.24) is 0 Å². The number of rotatable bonds is 5. The zero-order valence-electron chi connectivity index (χ0n) is 17.2. The molecule has 3 saturated carbocycles. The number of aliphatic hydroxyl groups excluding tert-OH is 1. The number of carbonyl (C=O) groups excluding carboxylic acids is 2. The van der Waals surface area contributed by atoms with Gasteiger partial charge in [-0.25, -0.2) is 0 Å². The molecule has 4 nitrogen and oxygen atoms in total. The molecule has 0 bridgehead atoms. The number of hydrogen-bond donors (Lipinski definition) is 2. The lowest BCUT2D eigenvalue weighted by Gasteiger charge is -2.58. The summed E-state index contributed by atoms with van der Waals surface area (Å²) in [5.41, 5.74) is -0.0734. The molecular formula is C23H34O4S. The van der Waals surface area contributed by atoms with E-state index < -0.39 is 5.60 Å². The molecule has 156 valence electrons. The van der Waals surface area contributed by atoms with E-state index in [0.29, 0.717) is 42.1 Å². The predicted molar refractivity (Wildman–Crippen MR) is 111 cm³/mol. The first-order chi connectivity index (χ1) is 13.3. The number of aliphatic hydroxyl groups is 2. The summed E-state index contributed by atoms with van der Waals surface area (Å²) in [6.07, 6.45) is 9.07. The van der Waals surface area contributed by atoms with E-state index in [0.717, 1.165) is 38.5 Å². The Balaban J connectivity index is 1.58. The second kappa shape index (κ2) is 7.24. The highest BCUT2D eigenvalue weighted by molar-refractivity contribution is 7.99. The lowest BCUT2D eigenvalue weighted by atomic mass is 9.46. The molecular weight excluding hydrogens is 372 g/mol. The Hall–Kier alpha value is -0.650. The summed E-state index contributed by atoms with van der Waals surface area (Å²) in [5.74, 6) is 2.58. The summed E-state index contributed by atoms with van der Waals surface area (Å²) in [7, 11) is 0. The molecule has 28 heavy (non-hydrogen) atoms. The third-order valence-corrected chi connectivity index (χ3v) is 9.98. The molecule has 0 aromatic rings. The van der Waals surface area contributed by atoms with Gasteiger partial charge in [0.15, 0.2) is 11.6 Å². The number of fused-ring (bicyclic) bond motifs is 5. The van der Waals surface area contributed by atoms with Crippen LogP contribution in [0.3, 0.4) is 0 Å². The third-order valence-electron chi connectivity index (χ3n) is 9.04. The van der Waals surface area contributed by atoms with Gasteiger partial charge in [-0.3, -0.25) is 9.59 Å². The first-order valence-corrected chi connectivity index (χ1v) is 12.1. The minimum atomic E-state index is -1.22. The van der Waals surface area contributed by atoms with E-state index in [4.69, 9.17) is 5.11 Å². The number of ketones is 2. The molecule has 0 saturated heterocycles. The van der Waals surface area contributed by atoms with E-state index >= 15 is 0 Å². The van der Waals surface area contributed by atoms with Crippen LogP contribution in [0, 0.1) is 28.6 Å². The summed E-state index contributed by atoms with van der Waals surface area (Å²) in [6, 6.07) is 0. The summed E-state index contributed by atoms with van der Waals surface area (Å²) >= 11 is 1.42. The molecule has 4 rings (SSSR count). The van der Waals surface area contributed by atoms with Crippen molar-refractivity contribution in [3.63, 3.8) is 0 Å². The van der Waals surface area contributed by atoms with Crippen LogP contribution >= 0.6 is 11.8 Å². The molecule has 3 unspecified atom stereocenters. The molecule has 2 N–H and O–H groups in total. The molecule has 6 atom stereocenters. The minimum absolute atomic E-state index is 0.0414. The highest BCUT2D eigenvalue weighted by Gasteiger charge is 2.65. The van der Waals surface area contributed by atoms with Gasteiger partial charge in [0.1, 0.15) is 5.60 Å². The van der Waals surface area contributed by atoms with Gasteiger partial charge in [0.05, 0.1) is 12.4 Å². The Bertz CT molecular complexity index is 703. The second-order valence-corrected chi connectivity index (χ2v) is 11.1.